The molecule has 1 unspecified atom stereocenters. The molecule has 2 aliphatic heterocycles. The normalized spacial score (nSPS) is 21.8. The molecule has 6 nitrogen and oxygen atoms in total. The van der Waals surface area contributed by atoms with Gasteiger partial charge >= 0.3 is 0 Å². The Kier molecular flexibility index (Phi) is 9.07. The van der Waals surface area contributed by atoms with Gasteiger partial charge in [0.1, 0.15) is 0 Å². The molecule has 0 aliphatic carbocycles. The van der Waals surface area contributed by atoms with E-state index in [4.69, 9.17) is 9.47 Å². The van der Waals surface area contributed by atoms with Crippen molar-refractivity contribution >= 4 is 5.96 Å². The van der Waals surface area contributed by atoms with Gasteiger partial charge in [0.2, 0.25) is 0 Å². The smallest absolute Gasteiger partial charge is 0.191 e. The summed E-state index contributed by atoms with van der Waals surface area (Å²) in [6.45, 7) is 6.69. The first-order valence-corrected chi connectivity index (χ1v) is 10.8. The fraction of sp³-hybridized carbons (Fsp3) is 0.682. The largest absolute Gasteiger partial charge is 0.378 e. The Balaban J connectivity index is 1.21. The number of guanidine groups is 1. The lowest BCUT2D eigenvalue weighted by Crippen LogP contribution is -2.41. The molecule has 0 spiro atoms. The molecule has 0 bridgehead atoms. The molecule has 3 rings (SSSR count). The molecular weight excluding hydrogens is 352 g/mol. The van der Waals surface area contributed by atoms with Crippen molar-refractivity contribution in [2.45, 2.75) is 50.9 Å². The van der Waals surface area contributed by atoms with Crippen LogP contribution < -0.4 is 10.6 Å². The summed E-state index contributed by atoms with van der Waals surface area (Å²) in [6.07, 6.45) is 6.29. The van der Waals surface area contributed by atoms with Crippen LogP contribution in [0.25, 0.3) is 0 Å². The predicted octanol–water partition coefficient (Wildman–Crippen LogP) is 2.40. The fourth-order valence-corrected chi connectivity index (χ4v) is 3.84. The third-order valence-corrected chi connectivity index (χ3v) is 5.50. The van der Waals surface area contributed by atoms with E-state index in [2.05, 4.69) is 50.9 Å². The van der Waals surface area contributed by atoms with E-state index in [1.54, 1.807) is 0 Å². The average Bonchev–Trinajstić information content (AvgIpc) is 3.26. The second-order valence-corrected chi connectivity index (χ2v) is 7.70. The molecule has 1 atom stereocenters. The number of ether oxygens (including phenoxy) is 2. The number of benzene rings is 1. The van der Waals surface area contributed by atoms with Crippen molar-refractivity contribution in [3.63, 3.8) is 0 Å². The molecule has 6 heteroatoms. The third kappa shape index (κ3) is 7.41. The molecule has 2 N–H and O–H groups in total. The van der Waals surface area contributed by atoms with E-state index < -0.39 is 0 Å². The summed E-state index contributed by atoms with van der Waals surface area (Å²) < 4.78 is 11.7. The van der Waals surface area contributed by atoms with Gasteiger partial charge in [-0.2, -0.15) is 0 Å². The first-order valence-electron chi connectivity index (χ1n) is 10.8. The summed E-state index contributed by atoms with van der Waals surface area (Å²) in [5.74, 6) is 0.852. The van der Waals surface area contributed by atoms with E-state index in [0.29, 0.717) is 12.2 Å². The van der Waals surface area contributed by atoms with Crippen LogP contribution in [-0.2, 0) is 16.0 Å². The lowest BCUT2D eigenvalue weighted by Gasteiger charge is -2.32. The number of piperidine rings is 1. The third-order valence-electron chi connectivity index (χ3n) is 5.50. The van der Waals surface area contributed by atoms with Gasteiger partial charge in [-0.15, -0.1) is 0 Å². The fourth-order valence-electron chi connectivity index (χ4n) is 3.84. The van der Waals surface area contributed by atoms with Crippen LogP contribution in [0.15, 0.2) is 35.3 Å². The molecule has 2 heterocycles. The highest BCUT2D eigenvalue weighted by atomic mass is 16.5. The Labute approximate surface area is 169 Å². The Bertz CT molecular complexity index is 567. The minimum Gasteiger partial charge on any atom is -0.378 e. The highest BCUT2D eigenvalue weighted by molar-refractivity contribution is 5.79. The Morgan fingerprint density at radius 2 is 2.00 bits per heavy atom. The maximum Gasteiger partial charge on any atom is 0.191 e. The van der Waals surface area contributed by atoms with Gasteiger partial charge in [-0.1, -0.05) is 30.3 Å². The van der Waals surface area contributed by atoms with E-state index in [0.717, 1.165) is 77.6 Å². The summed E-state index contributed by atoms with van der Waals surface area (Å²) in [4.78, 5) is 6.80. The minimum absolute atomic E-state index is 0.328. The minimum atomic E-state index is 0.328. The van der Waals surface area contributed by atoms with Crippen molar-refractivity contribution in [2.24, 2.45) is 4.99 Å². The van der Waals surface area contributed by atoms with Gasteiger partial charge in [0.25, 0.3) is 0 Å². The quantitative estimate of drug-likeness (QED) is 0.386. The van der Waals surface area contributed by atoms with Gasteiger partial charge in [0.15, 0.2) is 5.96 Å². The summed E-state index contributed by atoms with van der Waals surface area (Å²) >= 11 is 0. The molecule has 156 valence electrons. The van der Waals surface area contributed by atoms with Crippen LogP contribution in [-0.4, -0.2) is 69.5 Å². The topological polar surface area (TPSA) is 58.1 Å². The van der Waals surface area contributed by atoms with Crippen LogP contribution in [0.1, 0.15) is 37.7 Å². The molecule has 28 heavy (non-hydrogen) atoms. The van der Waals surface area contributed by atoms with E-state index in [1.165, 1.54) is 12.0 Å². The lowest BCUT2D eigenvalue weighted by atomic mass is 10.1. The molecule has 0 radical (unpaired) electrons. The average molecular weight is 389 g/mol. The standard InChI is InChI=1S/C22H36N4O2/c1-23-22(25-17-21-9-5-15-28-21)24-12-6-16-27-20-10-13-26(14-11-20)18-19-7-3-2-4-8-19/h2-4,7-8,20-21H,5-6,9-18H2,1H3,(H2,23,24,25). The van der Waals surface area contributed by atoms with Crippen molar-refractivity contribution in [1.29, 1.82) is 0 Å². The van der Waals surface area contributed by atoms with Crippen LogP contribution in [0.2, 0.25) is 0 Å². The molecule has 0 aromatic heterocycles. The van der Waals surface area contributed by atoms with Gasteiger partial charge in [0.05, 0.1) is 12.2 Å². The van der Waals surface area contributed by atoms with Crippen molar-refractivity contribution in [2.75, 3.05) is 46.4 Å². The predicted molar refractivity (Wildman–Crippen MR) is 114 cm³/mol. The van der Waals surface area contributed by atoms with E-state index in [-0.39, 0.29) is 0 Å². The van der Waals surface area contributed by atoms with Crippen molar-refractivity contribution in [3.8, 4) is 0 Å². The van der Waals surface area contributed by atoms with Crippen LogP contribution in [0, 0.1) is 0 Å². The molecule has 2 saturated heterocycles. The second-order valence-electron chi connectivity index (χ2n) is 7.70. The van der Waals surface area contributed by atoms with E-state index in [9.17, 15) is 0 Å². The van der Waals surface area contributed by atoms with E-state index >= 15 is 0 Å². The van der Waals surface area contributed by atoms with Gasteiger partial charge < -0.3 is 20.1 Å². The Hall–Kier alpha value is -1.63. The lowest BCUT2D eigenvalue weighted by molar-refractivity contribution is 0.00534. The molecule has 2 aliphatic rings. The summed E-state index contributed by atoms with van der Waals surface area (Å²) in [6, 6.07) is 10.7. The number of hydrogen-bond acceptors (Lipinski definition) is 4. The SMILES string of the molecule is CN=C(NCCCOC1CCN(Cc2ccccc2)CC1)NCC1CCCO1. The van der Waals surface area contributed by atoms with Crippen LogP contribution in [0.3, 0.4) is 0 Å². The van der Waals surface area contributed by atoms with Crippen molar-refractivity contribution in [1.82, 2.24) is 15.5 Å². The zero-order chi connectivity index (χ0) is 19.4. The molecule has 0 amide bonds. The molecular formula is C22H36N4O2. The number of aliphatic imine (C=N–C) groups is 1. The summed E-state index contributed by atoms with van der Waals surface area (Å²) in [7, 11) is 1.81. The number of rotatable bonds is 9. The summed E-state index contributed by atoms with van der Waals surface area (Å²) in [5.41, 5.74) is 1.40. The van der Waals surface area contributed by atoms with E-state index in [1.807, 2.05) is 7.05 Å². The number of hydrogen-bond donors (Lipinski definition) is 2. The Morgan fingerprint density at radius 1 is 1.18 bits per heavy atom. The molecule has 0 saturated carbocycles. The Morgan fingerprint density at radius 3 is 2.71 bits per heavy atom. The monoisotopic (exact) mass is 388 g/mol. The van der Waals surface area contributed by atoms with Crippen molar-refractivity contribution < 1.29 is 9.47 Å². The number of likely N-dealkylation sites (tertiary alicyclic amines) is 1. The molecule has 2 fully saturated rings. The van der Waals surface area contributed by atoms with Gasteiger partial charge in [-0.25, -0.2) is 0 Å². The highest BCUT2D eigenvalue weighted by Gasteiger charge is 2.19. The van der Waals surface area contributed by atoms with Gasteiger partial charge in [-0.3, -0.25) is 9.89 Å². The zero-order valence-electron chi connectivity index (χ0n) is 17.2. The maximum atomic E-state index is 6.09. The van der Waals surface area contributed by atoms with Crippen molar-refractivity contribution in [3.05, 3.63) is 35.9 Å². The summed E-state index contributed by atoms with van der Waals surface area (Å²) in [5, 5.41) is 6.70. The molecule has 1 aromatic rings. The second kappa shape index (κ2) is 12.0. The van der Waals surface area contributed by atoms with Gasteiger partial charge in [-0.05, 0) is 37.7 Å². The number of nitrogens with zero attached hydrogens (tertiary/aromatic N) is 2. The highest BCUT2D eigenvalue weighted by Crippen LogP contribution is 2.16. The van der Waals surface area contributed by atoms with Crippen LogP contribution >= 0.6 is 0 Å². The van der Waals surface area contributed by atoms with Crippen LogP contribution in [0.4, 0.5) is 0 Å². The number of nitrogens with one attached hydrogen (secondary N) is 2. The maximum absolute atomic E-state index is 6.09. The molecule has 1 aromatic carbocycles. The first kappa shape index (κ1) is 21.1. The zero-order valence-corrected chi connectivity index (χ0v) is 17.2. The first-order chi connectivity index (χ1) is 13.8. The van der Waals surface area contributed by atoms with Crippen LogP contribution in [0.5, 0.6) is 0 Å². The van der Waals surface area contributed by atoms with Gasteiger partial charge in [0, 0.05) is 53.0 Å².